The number of nitrogens with zero attached hydrogens (tertiary/aromatic N) is 1. The van der Waals surface area contributed by atoms with Crippen molar-refractivity contribution in [3.05, 3.63) is 35.4 Å². The molecule has 3 aliphatic rings. The van der Waals surface area contributed by atoms with Crippen LogP contribution in [0.2, 0.25) is 0 Å². The van der Waals surface area contributed by atoms with E-state index >= 15 is 0 Å². The Hall–Kier alpha value is -1.92. The first kappa shape index (κ1) is 20.4. The summed E-state index contributed by atoms with van der Waals surface area (Å²) >= 11 is 0. The van der Waals surface area contributed by atoms with Crippen molar-refractivity contribution in [2.75, 3.05) is 19.8 Å². The topological polar surface area (TPSA) is 67.9 Å². The highest BCUT2D eigenvalue weighted by atomic mass is 16.5. The summed E-state index contributed by atoms with van der Waals surface area (Å²) < 4.78 is 11.9. The van der Waals surface area contributed by atoms with Crippen molar-refractivity contribution in [2.45, 2.75) is 70.2 Å². The highest BCUT2D eigenvalue weighted by molar-refractivity contribution is 5.98. The molecular formula is C23H32N2O4. The molecule has 2 atom stereocenters. The van der Waals surface area contributed by atoms with Crippen LogP contribution in [0.1, 0.15) is 61.4 Å². The minimum Gasteiger partial charge on any atom is -0.376 e. The van der Waals surface area contributed by atoms with Crippen LogP contribution in [0.5, 0.6) is 0 Å². The lowest BCUT2D eigenvalue weighted by Gasteiger charge is -2.43. The van der Waals surface area contributed by atoms with Gasteiger partial charge < -0.3 is 14.8 Å². The molecule has 1 saturated carbocycles. The summed E-state index contributed by atoms with van der Waals surface area (Å²) in [5.41, 5.74) is 0.978. The zero-order chi connectivity index (χ0) is 20.4. The van der Waals surface area contributed by atoms with Crippen molar-refractivity contribution in [1.29, 1.82) is 0 Å². The normalized spacial score (nSPS) is 31.9. The molecule has 1 aromatic carbocycles. The number of rotatable bonds is 4. The molecule has 1 N–H and O–H groups in total. The summed E-state index contributed by atoms with van der Waals surface area (Å²) in [6, 6.07) is 6.98. The van der Waals surface area contributed by atoms with E-state index < -0.39 is 11.8 Å². The van der Waals surface area contributed by atoms with E-state index in [0.717, 1.165) is 50.7 Å². The van der Waals surface area contributed by atoms with Gasteiger partial charge in [0.05, 0.1) is 12.7 Å². The molecule has 1 spiro atoms. The molecule has 29 heavy (non-hydrogen) atoms. The van der Waals surface area contributed by atoms with Gasteiger partial charge in [0.2, 0.25) is 5.91 Å². The predicted octanol–water partition coefficient (Wildman–Crippen LogP) is 3.04. The molecule has 2 aliphatic heterocycles. The minimum atomic E-state index is -0.667. The van der Waals surface area contributed by atoms with E-state index in [1.54, 1.807) is 4.90 Å². The Morgan fingerprint density at radius 3 is 2.72 bits per heavy atom. The van der Waals surface area contributed by atoms with Crippen LogP contribution in [0.25, 0.3) is 0 Å². The number of carbonyl (C=O) groups excluding carboxylic acids is 2. The third kappa shape index (κ3) is 4.19. The molecular weight excluding hydrogens is 368 g/mol. The Morgan fingerprint density at radius 1 is 1.24 bits per heavy atom. The Balaban J connectivity index is 1.56. The fourth-order valence-corrected chi connectivity index (χ4v) is 4.83. The van der Waals surface area contributed by atoms with Gasteiger partial charge in [-0.2, -0.15) is 0 Å². The molecule has 4 rings (SSSR count). The van der Waals surface area contributed by atoms with E-state index in [9.17, 15) is 9.59 Å². The van der Waals surface area contributed by atoms with Crippen molar-refractivity contribution in [3.63, 3.8) is 0 Å². The lowest BCUT2D eigenvalue weighted by atomic mass is 9.83. The molecule has 0 unspecified atom stereocenters. The molecule has 0 aromatic heterocycles. The average molecular weight is 401 g/mol. The van der Waals surface area contributed by atoms with E-state index in [1.165, 1.54) is 0 Å². The lowest BCUT2D eigenvalue weighted by Crippen LogP contribution is -2.57. The standard InChI is InChI=1S/C23H32N2O4/c1-16-8-10-23(11-9-16)25(22(27)18-6-3-5-17(2)13-18)20(15-29-23)21(26)24-14-19-7-4-12-28-19/h3,5-6,13,16,19-20H,4,7-12,14-15H2,1-2H3,(H,24,26)/t16?,19-,20-,23?/m1/s1. The number of ether oxygens (including phenoxy) is 2. The summed E-state index contributed by atoms with van der Waals surface area (Å²) in [7, 11) is 0. The van der Waals surface area contributed by atoms with Crippen LogP contribution in [-0.4, -0.2) is 54.3 Å². The first-order valence-corrected chi connectivity index (χ1v) is 10.9. The zero-order valence-corrected chi connectivity index (χ0v) is 17.5. The summed E-state index contributed by atoms with van der Waals surface area (Å²) in [5, 5.41) is 3.01. The molecule has 1 aliphatic carbocycles. The average Bonchev–Trinajstić information content (AvgIpc) is 3.36. The Kier molecular flexibility index (Phi) is 5.93. The number of hydrogen-bond donors (Lipinski definition) is 1. The molecule has 6 nitrogen and oxygen atoms in total. The van der Waals surface area contributed by atoms with Gasteiger partial charge in [0.25, 0.3) is 5.91 Å². The second-order valence-electron chi connectivity index (χ2n) is 8.88. The Bertz CT molecular complexity index is 751. The zero-order valence-electron chi connectivity index (χ0n) is 17.5. The number of benzene rings is 1. The first-order chi connectivity index (χ1) is 14.0. The van der Waals surface area contributed by atoms with E-state index in [1.807, 2.05) is 31.2 Å². The molecule has 158 valence electrons. The van der Waals surface area contributed by atoms with Crippen LogP contribution in [0.4, 0.5) is 0 Å². The van der Waals surface area contributed by atoms with Gasteiger partial charge in [-0.3, -0.25) is 14.5 Å². The van der Waals surface area contributed by atoms with Crippen LogP contribution in [-0.2, 0) is 14.3 Å². The third-order valence-electron chi connectivity index (χ3n) is 6.63. The van der Waals surface area contributed by atoms with E-state index in [-0.39, 0.29) is 24.5 Å². The van der Waals surface area contributed by atoms with Gasteiger partial charge in [-0.25, -0.2) is 0 Å². The molecule has 2 saturated heterocycles. The van der Waals surface area contributed by atoms with Gasteiger partial charge in [0, 0.05) is 18.7 Å². The minimum absolute atomic E-state index is 0.0756. The number of aryl methyl sites for hydroxylation is 1. The van der Waals surface area contributed by atoms with Crippen molar-refractivity contribution in [2.24, 2.45) is 5.92 Å². The number of carbonyl (C=O) groups is 2. The van der Waals surface area contributed by atoms with Crippen LogP contribution < -0.4 is 5.32 Å². The molecule has 0 bridgehead atoms. The quantitative estimate of drug-likeness (QED) is 0.844. The second kappa shape index (κ2) is 8.44. The van der Waals surface area contributed by atoms with Gasteiger partial charge >= 0.3 is 0 Å². The monoisotopic (exact) mass is 400 g/mol. The third-order valence-corrected chi connectivity index (χ3v) is 6.63. The maximum Gasteiger partial charge on any atom is 0.256 e. The largest absolute Gasteiger partial charge is 0.376 e. The maximum atomic E-state index is 13.6. The fourth-order valence-electron chi connectivity index (χ4n) is 4.83. The molecule has 2 amide bonds. The number of hydrogen-bond acceptors (Lipinski definition) is 4. The van der Waals surface area contributed by atoms with Crippen LogP contribution in [0, 0.1) is 12.8 Å². The molecule has 0 radical (unpaired) electrons. The Labute approximate surface area is 172 Å². The smallest absolute Gasteiger partial charge is 0.256 e. The number of amides is 2. The van der Waals surface area contributed by atoms with Crippen LogP contribution >= 0.6 is 0 Å². The predicted molar refractivity (Wildman–Crippen MR) is 109 cm³/mol. The summed E-state index contributed by atoms with van der Waals surface area (Å²) in [5.74, 6) is 0.363. The summed E-state index contributed by atoms with van der Waals surface area (Å²) in [4.78, 5) is 28.4. The van der Waals surface area contributed by atoms with Crippen LogP contribution in [0.3, 0.4) is 0 Å². The van der Waals surface area contributed by atoms with Crippen molar-refractivity contribution in [1.82, 2.24) is 10.2 Å². The van der Waals surface area contributed by atoms with Crippen molar-refractivity contribution < 1.29 is 19.1 Å². The van der Waals surface area contributed by atoms with E-state index in [2.05, 4.69) is 12.2 Å². The molecule has 6 heteroatoms. The highest BCUT2D eigenvalue weighted by Crippen LogP contribution is 2.43. The molecule has 2 heterocycles. The fraction of sp³-hybridized carbons (Fsp3) is 0.652. The number of nitrogens with one attached hydrogen (secondary N) is 1. The van der Waals surface area contributed by atoms with Crippen LogP contribution in [0.15, 0.2) is 24.3 Å². The van der Waals surface area contributed by atoms with Gasteiger partial charge in [0.1, 0.15) is 11.8 Å². The lowest BCUT2D eigenvalue weighted by molar-refractivity contribution is -0.128. The summed E-state index contributed by atoms with van der Waals surface area (Å²) in [6.07, 6.45) is 5.64. The van der Waals surface area contributed by atoms with E-state index in [4.69, 9.17) is 9.47 Å². The van der Waals surface area contributed by atoms with Gasteiger partial charge in [0.15, 0.2) is 0 Å². The Morgan fingerprint density at radius 2 is 2.03 bits per heavy atom. The van der Waals surface area contributed by atoms with Gasteiger partial charge in [-0.05, 0) is 63.5 Å². The highest BCUT2D eigenvalue weighted by Gasteiger charge is 2.53. The second-order valence-corrected chi connectivity index (χ2v) is 8.88. The van der Waals surface area contributed by atoms with E-state index in [0.29, 0.717) is 18.0 Å². The molecule has 3 fully saturated rings. The maximum absolute atomic E-state index is 13.6. The molecule has 1 aromatic rings. The van der Waals surface area contributed by atoms with Gasteiger partial charge in [-0.15, -0.1) is 0 Å². The van der Waals surface area contributed by atoms with Crippen molar-refractivity contribution >= 4 is 11.8 Å². The van der Waals surface area contributed by atoms with Gasteiger partial charge in [-0.1, -0.05) is 24.6 Å². The summed E-state index contributed by atoms with van der Waals surface area (Å²) in [6.45, 7) is 5.71. The first-order valence-electron chi connectivity index (χ1n) is 10.9. The van der Waals surface area contributed by atoms with Crippen molar-refractivity contribution in [3.8, 4) is 0 Å². The SMILES string of the molecule is Cc1cccc(C(=O)N2[C@@H](C(=O)NC[C@H]3CCCO3)COC23CCC(C)CC3)c1.